The number of hydrogen-bond donors (Lipinski definition) is 1. The molecule has 1 aliphatic carbocycles. The Balaban J connectivity index is 1.09. The maximum Gasteiger partial charge on any atom is 0.321 e. The minimum atomic E-state index is -0.616. The molecule has 2 aromatic carbocycles. The topological polar surface area (TPSA) is 56.7 Å². The Bertz CT molecular complexity index is 1220. The van der Waals surface area contributed by atoms with Gasteiger partial charge in [0.25, 0.3) is 0 Å². The van der Waals surface area contributed by atoms with Crippen molar-refractivity contribution in [3.63, 3.8) is 0 Å². The molecule has 0 radical (unpaired) electrons. The van der Waals surface area contributed by atoms with E-state index in [0.717, 1.165) is 64.8 Å². The molecule has 0 bridgehead atoms. The molecule has 5 nitrogen and oxygen atoms in total. The van der Waals surface area contributed by atoms with Crippen LogP contribution in [0.2, 0.25) is 0 Å². The lowest BCUT2D eigenvalue weighted by molar-refractivity contribution is -0.145. The minimum Gasteiger partial charge on any atom is -0.480 e. The molecule has 6 rings (SSSR count). The number of piperidine rings is 1. The minimum absolute atomic E-state index is 0.294. The summed E-state index contributed by atoms with van der Waals surface area (Å²) in [4.78, 5) is 23.7. The second-order valence-corrected chi connectivity index (χ2v) is 13.5. The van der Waals surface area contributed by atoms with Gasteiger partial charge in [-0.05, 0) is 61.7 Å². The lowest BCUT2D eigenvalue weighted by Crippen LogP contribution is -2.46. The Morgan fingerprint density at radius 3 is 2.33 bits per heavy atom. The van der Waals surface area contributed by atoms with Crippen LogP contribution in [0.15, 0.2) is 66.9 Å². The van der Waals surface area contributed by atoms with Crippen LogP contribution in [0.25, 0.3) is 0 Å². The van der Waals surface area contributed by atoms with Gasteiger partial charge in [-0.2, -0.15) is 0 Å². The zero-order valence-corrected chi connectivity index (χ0v) is 24.4. The predicted octanol–water partition coefficient (Wildman–Crippen LogP) is 6.66. The SMILES string of the molecule is O=C(O)C(C1CCCCC1)N1CC(CN2CCC(c3ncc(Cc4ccccc4)s3)CC2)C(c2ccccc2)C1. The number of thiazole rings is 1. The molecular formula is C34H43N3O2S. The number of likely N-dealkylation sites (tertiary alicyclic amines) is 2. The van der Waals surface area contributed by atoms with Gasteiger partial charge < -0.3 is 10.0 Å². The number of hydrogen-bond acceptors (Lipinski definition) is 5. The van der Waals surface area contributed by atoms with Gasteiger partial charge in [0.05, 0.1) is 5.01 Å². The lowest BCUT2D eigenvalue weighted by Gasteiger charge is -2.35. The van der Waals surface area contributed by atoms with E-state index in [1.807, 2.05) is 11.3 Å². The number of rotatable bonds is 9. The van der Waals surface area contributed by atoms with E-state index >= 15 is 0 Å². The van der Waals surface area contributed by atoms with E-state index in [1.54, 1.807) is 0 Å². The van der Waals surface area contributed by atoms with Gasteiger partial charge in [0.15, 0.2) is 0 Å². The largest absolute Gasteiger partial charge is 0.480 e. The standard InChI is InChI=1S/C34H43N3O2S/c38-34(39)32(27-14-8-3-9-15-27)37-23-29(31(24-37)26-12-6-2-7-13-26)22-36-18-16-28(17-19-36)33-35-21-30(40-33)20-25-10-4-1-5-11-25/h1-2,4-7,10-13,21,27-29,31-32H,3,8-9,14-20,22-24H2,(H,38,39). The average Bonchev–Trinajstić information content (AvgIpc) is 3.62. The Morgan fingerprint density at radius 2 is 1.62 bits per heavy atom. The summed E-state index contributed by atoms with van der Waals surface area (Å²) < 4.78 is 0. The van der Waals surface area contributed by atoms with Crippen molar-refractivity contribution >= 4 is 17.3 Å². The molecule has 1 N–H and O–H groups in total. The number of aromatic nitrogens is 1. The fourth-order valence-electron chi connectivity index (χ4n) is 7.58. The molecule has 1 aromatic heterocycles. The monoisotopic (exact) mass is 557 g/mol. The maximum atomic E-state index is 12.5. The van der Waals surface area contributed by atoms with Gasteiger partial charge in [-0.3, -0.25) is 9.69 Å². The van der Waals surface area contributed by atoms with E-state index in [2.05, 4.69) is 76.7 Å². The first-order valence-corrected chi connectivity index (χ1v) is 16.2. The molecule has 40 heavy (non-hydrogen) atoms. The van der Waals surface area contributed by atoms with Crippen LogP contribution in [-0.4, -0.2) is 64.6 Å². The molecule has 212 valence electrons. The summed E-state index contributed by atoms with van der Waals surface area (Å²) in [6, 6.07) is 21.2. The first-order chi connectivity index (χ1) is 19.6. The van der Waals surface area contributed by atoms with E-state index in [9.17, 15) is 9.90 Å². The lowest BCUT2D eigenvalue weighted by atomic mass is 9.83. The third-order valence-corrected chi connectivity index (χ3v) is 10.8. The zero-order chi connectivity index (χ0) is 27.3. The summed E-state index contributed by atoms with van der Waals surface area (Å²) in [5.41, 5.74) is 2.71. The third-order valence-electron chi connectivity index (χ3n) is 9.66. The van der Waals surface area contributed by atoms with Crippen LogP contribution >= 0.6 is 11.3 Å². The summed E-state index contributed by atoms with van der Waals surface area (Å²) >= 11 is 1.89. The Kier molecular flexibility index (Phi) is 8.95. The fraction of sp³-hybridized carbons (Fsp3) is 0.529. The molecule has 3 aliphatic rings. The molecule has 0 amide bonds. The number of carboxylic acids is 1. The molecule has 3 atom stereocenters. The Hall–Kier alpha value is -2.54. The molecular weight excluding hydrogens is 514 g/mol. The fourth-order valence-corrected chi connectivity index (χ4v) is 8.71. The van der Waals surface area contributed by atoms with Gasteiger partial charge in [0.2, 0.25) is 0 Å². The first kappa shape index (κ1) is 27.6. The van der Waals surface area contributed by atoms with E-state index in [0.29, 0.717) is 23.7 Å². The van der Waals surface area contributed by atoms with E-state index < -0.39 is 5.97 Å². The molecule has 2 saturated heterocycles. The summed E-state index contributed by atoms with van der Waals surface area (Å²) in [7, 11) is 0. The van der Waals surface area contributed by atoms with Crippen LogP contribution in [-0.2, 0) is 11.2 Å². The van der Waals surface area contributed by atoms with E-state index in [4.69, 9.17) is 4.98 Å². The van der Waals surface area contributed by atoms with Gasteiger partial charge in [-0.1, -0.05) is 79.9 Å². The number of carbonyl (C=O) groups is 1. The van der Waals surface area contributed by atoms with Crippen LogP contribution in [0.1, 0.15) is 77.8 Å². The Morgan fingerprint density at radius 1 is 0.925 bits per heavy atom. The summed E-state index contributed by atoms with van der Waals surface area (Å²) in [6.45, 7) is 5.00. The van der Waals surface area contributed by atoms with Crippen molar-refractivity contribution in [2.24, 2.45) is 11.8 Å². The highest BCUT2D eigenvalue weighted by molar-refractivity contribution is 7.11. The second-order valence-electron chi connectivity index (χ2n) is 12.3. The van der Waals surface area contributed by atoms with Crippen molar-refractivity contribution in [3.8, 4) is 0 Å². The van der Waals surface area contributed by atoms with Gasteiger partial charge >= 0.3 is 5.97 Å². The molecule has 1 saturated carbocycles. The highest BCUT2D eigenvalue weighted by atomic mass is 32.1. The quantitative estimate of drug-likeness (QED) is 0.319. The van der Waals surface area contributed by atoms with Gasteiger partial charge in [0, 0.05) is 49.0 Å². The summed E-state index contributed by atoms with van der Waals surface area (Å²) in [5.74, 6) is 1.08. The van der Waals surface area contributed by atoms with Crippen molar-refractivity contribution in [3.05, 3.63) is 87.9 Å². The maximum absolute atomic E-state index is 12.5. The molecule has 3 heterocycles. The van der Waals surface area contributed by atoms with Gasteiger partial charge in [0.1, 0.15) is 6.04 Å². The normalized spacial score (nSPS) is 24.3. The van der Waals surface area contributed by atoms with Crippen LogP contribution < -0.4 is 0 Å². The van der Waals surface area contributed by atoms with Crippen LogP contribution in [0.3, 0.4) is 0 Å². The molecule has 3 fully saturated rings. The third kappa shape index (κ3) is 6.50. The van der Waals surface area contributed by atoms with Crippen molar-refractivity contribution in [2.45, 2.75) is 69.2 Å². The van der Waals surface area contributed by atoms with Gasteiger partial charge in [-0.15, -0.1) is 11.3 Å². The highest BCUT2D eigenvalue weighted by Gasteiger charge is 2.43. The Labute approximate surface area is 243 Å². The number of aliphatic carboxylic acids is 1. The number of benzene rings is 2. The van der Waals surface area contributed by atoms with Crippen LogP contribution in [0.4, 0.5) is 0 Å². The first-order valence-electron chi connectivity index (χ1n) is 15.4. The number of nitrogens with zero attached hydrogens (tertiary/aromatic N) is 3. The van der Waals surface area contributed by atoms with Crippen molar-refractivity contribution < 1.29 is 9.90 Å². The average molecular weight is 558 g/mol. The molecule has 6 heteroatoms. The number of carboxylic acid groups (broad SMARTS) is 1. The summed E-state index contributed by atoms with van der Waals surface area (Å²) in [5, 5.41) is 11.6. The molecule has 0 spiro atoms. The van der Waals surface area contributed by atoms with Crippen molar-refractivity contribution in [1.82, 2.24) is 14.8 Å². The predicted molar refractivity (Wildman–Crippen MR) is 162 cm³/mol. The van der Waals surface area contributed by atoms with E-state index in [1.165, 1.54) is 40.3 Å². The highest BCUT2D eigenvalue weighted by Crippen LogP contribution is 2.39. The molecule has 3 aromatic rings. The zero-order valence-electron chi connectivity index (χ0n) is 23.5. The second kappa shape index (κ2) is 13.0. The van der Waals surface area contributed by atoms with E-state index in [-0.39, 0.29) is 6.04 Å². The van der Waals surface area contributed by atoms with Crippen molar-refractivity contribution in [1.29, 1.82) is 0 Å². The van der Waals surface area contributed by atoms with Crippen LogP contribution in [0, 0.1) is 11.8 Å². The van der Waals surface area contributed by atoms with Crippen molar-refractivity contribution in [2.75, 3.05) is 32.7 Å². The summed E-state index contributed by atoms with van der Waals surface area (Å²) in [6.07, 6.45) is 11.1. The molecule has 2 aliphatic heterocycles. The van der Waals surface area contributed by atoms with Gasteiger partial charge in [-0.25, -0.2) is 4.98 Å². The smallest absolute Gasteiger partial charge is 0.321 e. The van der Waals surface area contributed by atoms with Crippen LogP contribution in [0.5, 0.6) is 0 Å². The molecule has 3 unspecified atom stereocenters.